The Kier molecular flexibility index (Phi) is 3.40. The fourth-order valence-electron chi connectivity index (χ4n) is 1.72. The lowest BCUT2D eigenvalue weighted by Crippen LogP contribution is -2.00. The molecule has 84 valence electrons. The normalized spacial score (nSPS) is 15.4. The molecule has 16 heavy (non-hydrogen) atoms. The van der Waals surface area contributed by atoms with Crippen molar-refractivity contribution in [1.82, 2.24) is 0 Å². The lowest BCUT2D eigenvalue weighted by Gasteiger charge is -2.14. The van der Waals surface area contributed by atoms with Crippen molar-refractivity contribution >= 4 is 0 Å². The molecule has 1 aromatic carbocycles. The van der Waals surface area contributed by atoms with Gasteiger partial charge in [0.2, 0.25) is 0 Å². The number of halogens is 1. The van der Waals surface area contributed by atoms with Gasteiger partial charge in [-0.25, -0.2) is 4.39 Å². The van der Waals surface area contributed by atoms with E-state index in [0.717, 1.165) is 25.0 Å². The van der Waals surface area contributed by atoms with Crippen molar-refractivity contribution in [3.05, 3.63) is 53.6 Å². The van der Waals surface area contributed by atoms with Gasteiger partial charge in [0, 0.05) is 6.42 Å². The summed E-state index contributed by atoms with van der Waals surface area (Å²) in [6.45, 7) is 2.13. The summed E-state index contributed by atoms with van der Waals surface area (Å²) in [7, 11) is 0. The SMILES string of the molecule is CCC1=CCCC(Oc2ccc(F)cc2)=C1. The molecule has 0 spiro atoms. The van der Waals surface area contributed by atoms with E-state index in [0.29, 0.717) is 5.75 Å². The smallest absolute Gasteiger partial charge is 0.127 e. The van der Waals surface area contributed by atoms with E-state index in [1.807, 2.05) is 0 Å². The minimum Gasteiger partial charge on any atom is -0.462 e. The standard InChI is InChI=1S/C14H15FO/c1-2-11-4-3-5-14(10-11)16-13-8-6-12(15)7-9-13/h4,6-10H,2-3,5H2,1H3. The van der Waals surface area contributed by atoms with Crippen molar-refractivity contribution in [2.45, 2.75) is 26.2 Å². The summed E-state index contributed by atoms with van der Waals surface area (Å²) in [5.41, 5.74) is 1.31. The molecule has 0 fully saturated rings. The third-order valence-electron chi connectivity index (χ3n) is 2.61. The first-order chi connectivity index (χ1) is 7.78. The Morgan fingerprint density at radius 2 is 2.00 bits per heavy atom. The van der Waals surface area contributed by atoms with Gasteiger partial charge < -0.3 is 4.74 Å². The Hall–Kier alpha value is -1.57. The average Bonchev–Trinajstić information content (AvgIpc) is 2.32. The molecule has 0 unspecified atom stereocenters. The summed E-state index contributed by atoms with van der Waals surface area (Å²) in [6, 6.07) is 6.13. The number of ether oxygens (including phenoxy) is 1. The second-order valence-corrected chi connectivity index (χ2v) is 3.84. The maximum Gasteiger partial charge on any atom is 0.127 e. The zero-order valence-corrected chi connectivity index (χ0v) is 9.37. The van der Waals surface area contributed by atoms with E-state index in [2.05, 4.69) is 19.1 Å². The Bertz CT molecular complexity index is 415. The van der Waals surface area contributed by atoms with Crippen molar-refractivity contribution in [3.63, 3.8) is 0 Å². The first-order valence-corrected chi connectivity index (χ1v) is 5.61. The second-order valence-electron chi connectivity index (χ2n) is 3.84. The van der Waals surface area contributed by atoms with Gasteiger partial charge in [0.25, 0.3) is 0 Å². The molecule has 0 heterocycles. The van der Waals surface area contributed by atoms with Gasteiger partial charge in [-0.2, -0.15) is 0 Å². The predicted octanol–water partition coefficient (Wildman–Crippen LogP) is 4.22. The molecule has 0 N–H and O–H groups in total. The van der Waals surface area contributed by atoms with Crippen LogP contribution in [-0.4, -0.2) is 0 Å². The van der Waals surface area contributed by atoms with Crippen molar-refractivity contribution in [1.29, 1.82) is 0 Å². The highest BCUT2D eigenvalue weighted by molar-refractivity contribution is 5.29. The van der Waals surface area contributed by atoms with Crippen LogP contribution in [0.2, 0.25) is 0 Å². The lowest BCUT2D eigenvalue weighted by molar-refractivity contribution is 0.400. The molecule has 0 aromatic heterocycles. The van der Waals surface area contributed by atoms with E-state index in [4.69, 9.17) is 4.74 Å². The van der Waals surface area contributed by atoms with E-state index >= 15 is 0 Å². The van der Waals surface area contributed by atoms with Crippen LogP contribution in [0, 0.1) is 5.82 Å². The van der Waals surface area contributed by atoms with Crippen molar-refractivity contribution in [2.75, 3.05) is 0 Å². The summed E-state index contributed by atoms with van der Waals surface area (Å²) in [5, 5.41) is 0. The molecule has 0 radical (unpaired) electrons. The molecular formula is C14H15FO. The first kappa shape index (κ1) is 10.9. The van der Waals surface area contributed by atoms with E-state index in [-0.39, 0.29) is 5.82 Å². The number of benzene rings is 1. The monoisotopic (exact) mass is 218 g/mol. The molecule has 0 atom stereocenters. The molecule has 1 aliphatic carbocycles. The Morgan fingerprint density at radius 3 is 2.69 bits per heavy atom. The zero-order valence-electron chi connectivity index (χ0n) is 9.37. The Morgan fingerprint density at radius 1 is 1.25 bits per heavy atom. The Balaban J connectivity index is 2.07. The van der Waals surface area contributed by atoms with Gasteiger partial charge in [0.1, 0.15) is 17.3 Å². The molecular weight excluding hydrogens is 203 g/mol. The fourth-order valence-corrected chi connectivity index (χ4v) is 1.72. The predicted molar refractivity (Wildman–Crippen MR) is 62.7 cm³/mol. The number of hydrogen-bond acceptors (Lipinski definition) is 1. The topological polar surface area (TPSA) is 9.23 Å². The molecule has 1 aromatic rings. The van der Waals surface area contributed by atoms with Gasteiger partial charge in [-0.3, -0.25) is 0 Å². The molecule has 0 saturated carbocycles. The van der Waals surface area contributed by atoms with Crippen LogP contribution in [0.5, 0.6) is 5.75 Å². The van der Waals surface area contributed by atoms with Crippen LogP contribution in [0.25, 0.3) is 0 Å². The van der Waals surface area contributed by atoms with E-state index in [1.165, 1.54) is 17.7 Å². The quantitative estimate of drug-likeness (QED) is 0.738. The second kappa shape index (κ2) is 4.97. The van der Waals surface area contributed by atoms with E-state index in [1.54, 1.807) is 12.1 Å². The first-order valence-electron chi connectivity index (χ1n) is 5.61. The van der Waals surface area contributed by atoms with Gasteiger partial charge in [-0.05, 0) is 48.8 Å². The summed E-state index contributed by atoms with van der Waals surface area (Å²) in [4.78, 5) is 0. The number of rotatable bonds is 3. The van der Waals surface area contributed by atoms with Crippen LogP contribution in [0.3, 0.4) is 0 Å². The minimum absolute atomic E-state index is 0.237. The molecule has 0 saturated heterocycles. The van der Waals surface area contributed by atoms with Crippen LogP contribution in [0.15, 0.2) is 47.7 Å². The van der Waals surface area contributed by atoms with Gasteiger partial charge >= 0.3 is 0 Å². The van der Waals surface area contributed by atoms with Gasteiger partial charge in [0.05, 0.1) is 0 Å². The van der Waals surface area contributed by atoms with Crippen molar-refractivity contribution < 1.29 is 9.13 Å². The van der Waals surface area contributed by atoms with Crippen molar-refractivity contribution in [2.24, 2.45) is 0 Å². The molecule has 0 amide bonds. The summed E-state index contributed by atoms with van der Waals surface area (Å²) < 4.78 is 18.4. The maximum absolute atomic E-state index is 12.7. The van der Waals surface area contributed by atoms with Gasteiger partial charge in [-0.1, -0.05) is 13.0 Å². The summed E-state index contributed by atoms with van der Waals surface area (Å²) in [6.07, 6.45) is 7.28. The number of allylic oxidation sites excluding steroid dienone is 4. The lowest BCUT2D eigenvalue weighted by atomic mass is 10.0. The largest absolute Gasteiger partial charge is 0.462 e. The highest BCUT2D eigenvalue weighted by Crippen LogP contribution is 2.23. The third kappa shape index (κ3) is 2.72. The molecule has 0 aliphatic heterocycles. The number of hydrogen-bond donors (Lipinski definition) is 0. The maximum atomic E-state index is 12.7. The summed E-state index contributed by atoms with van der Waals surface area (Å²) >= 11 is 0. The minimum atomic E-state index is -0.237. The van der Waals surface area contributed by atoms with Gasteiger partial charge in [0.15, 0.2) is 0 Å². The van der Waals surface area contributed by atoms with Crippen molar-refractivity contribution in [3.8, 4) is 5.75 Å². The Labute approximate surface area is 95.2 Å². The molecule has 1 nitrogen and oxygen atoms in total. The molecule has 2 heteroatoms. The average molecular weight is 218 g/mol. The van der Waals surface area contributed by atoms with Crippen LogP contribution in [-0.2, 0) is 0 Å². The van der Waals surface area contributed by atoms with E-state index < -0.39 is 0 Å². The summed E-state index contributed by atoms with van der Waals surface area (Å²) in [5.74, 6) is 1.43. The van der Waals surface area contributed by atoms with E-state index in [9.17, 15) is 4.39 Å². The third-order valence-corrected chi connectivity index (χ3v) is 2.61. The van der Waals surface area contributed by atoms with Crippen LogP contribution >= 0.6 is 0 Å². The van der Waals surface area contributed by atoms with Crippen LogP contribution in [0.4, 0.5) is 4.39 Å². The molecule has 0 bridgehead atoms. The van der Waals surface area contributed by atoms with Crippen LogP contribution < -0.4 is 4.74 Å². The highest BCUT2D eigenvalue weighted by Gasteiger charge is 2.06. The van der Waals surface area contributed by atoms with Gasteiger partial charge in [-0.15, -0.1) is 0 Å². The fraction of sp³-hybridized carbons (Fsp3) is 0.286. The highest BCUT2D eigenvalue weighted by atomic mass is 19.1. The van der Waals surface area contributed by atoms with Crippen LogP contribution in [0.1, 0.15) is 26.2 Å². The molecule has 1 aliphatic rings. The molecule has 2 rings (SSSR count). The zero-order chi connectivity index (χ0) is 11.4.